The molecule has 6 nitrogen and oxygen atoms in total. The van der Waals surface area contributed by atoms with Crippen LogP contribution in [-0.2, 0) is 0 Å². The van der Waals surface area contributed by atoms with Crippen LogP contribution in [0.15, 0.2) is 134 Å². The van der Waals surface area contributed by atoms with Crippen LogP contribution in [0.4, 0.5) is 0 Å². The number of pyridine rings is 1. The fourth-order valence-electron chi connectivity index (χ4n) is 4.70. The van der Waals surface area contributed by atoms with E-state index in [0.29, 0.717) is 17.5 Å². The molecular weight excluding hydrogens is 480 g/mol. The van der Waals surface area contributed by atoms with Gasteiger partial charge in [-0.1, -0.05) is 84.9 Å². The first kappa shape index (κ1) is 22.7. The average molecular weight is 503 g/mol. The third kappa shape index (κ3) is 4.34. The van der Waals surface area contributed by atoms with Crippen molar-refractivity contribution in [3.63, 3.8) is 0 Å². The number of rotatable bonds is 5. The fourth-order valence-corrected chi connectivity index (χ4v) is 4.70. The first-order chi connectivity index (χ1) is 19.3. The van der Waals surface area contributed by atoms with Gasteiger partial charge in [0.05, 0.1) is 11.0 Å². The van der Waals surface area contributed by atoms with E-state index >= 15 is 0 Å². The Kier molecular flexibility index (Phi) is 5.68. The molecule has 0 fully saturated rings. The van der Waals surface area contributed by atoms with Crippen molar-refractivity contribution in [1.82, 2.24) is 29.5 Å². The molecule has 0 aliphatic heterocycles. The van der Waals surface area contributed by atoms with Crippen LogP contribution in [0.1, 0.15) is 0 Å². The molecule has 6 heteroatoms. The Balaban J connectivity index is 1.42. The molecule has 3 heterocycles. The molecule has 184 valence electrons. The molecule has 0 N–H and O–H groups in total. The summed E-state index contributed by atoms with van der Waals surface area (Å²) >= 11 is 0. The Hall–Kier alpha value is -5.49. The Morgan fingerprint density at radius 3 is 1.67 bits per heavy atom. The number of para-hydroxylation sites is 2. The molecule has 3 aromatic heterocycles. The van der Waals surface area contributed by atoms with E-state index < -0.39 is 0 Å². The number of hydrogen-bond donors (Lipinski definition) is 0. The number of nitrogens with zero attached hydrogens (tertiary/aromatic N) is 6. The number of benzene rings is 4. The van der Waals surface area contributed by atoms with E-state index in [1.165, 1.54) is 0 Å². The summed E-state index contributed by atoms with van der Waals surface area (Å²) in [6.07, 6.45) is 3.58. The third-order valence-electron chi connectivity index (χ3n) is 6.56. The Morgan fingerprint density at radius 2 is 1.00 bits per heavy atom. The molecule has 0 aliphatic carbocycles. The van der Waals surface area contributed by atoms with Gasteiger partial charge in [-0.2, -0.15) is 0 Å². The smallest absolute Gasteiger partial charge is 0.164 e. The van der Waals surface area contributed by atoms with Crippen LogP contribution in [0.25, 0.3) is 62.3 Å². The maximum Gasteiger partial charge on any atom is 0.164 e. The number of fused-ring (bicyclic) bond motifs is 1. The lowest BCUT2D eigenvalue weighted by molar-refractivity contribution is 1.07. The minimum atomic E-state index is 0.611. The normalized spacial score (nSPS) is 11.1. The molecular formula is C33H22N6. The highest BCUT2D eigenvalue weighted by Crippen LogP contribution is 2.31. The van der Waals surface area contributed by atoms with Crippen LogP contribution in [0.2, 0.25) is 0 Å². The second-order valence-corrected chi connectivity index (χ2v) is 9.08. The van der Waals surface area contributed by atoms with E-state index in [0.717, 1.165) is 44.8 Å². The number of hydrogen-bond acceptors (Lipinski definition) is 5. The highest BCUT2D eigenvalue weighted by molar-refractivity contribution is 5.83. The van der Waals surface area contributed by atoms with E-state index in [2.05, 4.69) is 27.8 Å². The first-order valence-electron chi connectivity index (χ1n) is 12.7. The molecule has 0 saturated heterocycles. The molecule has 0 spiro atoms. The summed E-state index contributed by atoms with van der Waals surface area (Å²) in [5, 5.41) is 0. The minimum absolute atomic E-state index is 0.611. The van der Waals surface area contributed by atoms with E-state index in [4.69, 9.17) is 19.9 Å². The average Bonchev–Trinajstić information content (AvgIpc) is 3.42. The van der Waals surface area contributed by atoms with E-state index in [-0.39, 0.29) is 0 Å². The van der Waals surface area contributed by atoms with Crippen LogP contribution >= 0.6 is 0 Å². The van der Waals surface area contributed by atoms with Crippen molar-refractivity contribution in [3.05, 3.63) is 134 Å². The van der Waals surface area contributed by atoms with Crippen molar-refractivity contribution >= 4 is 11.0 Å². The van der Waals surface area contributed by atoms with Crippen molar-refractivity contribution in [1.29, 1.82) is 0 Å². The second kappa shape index (κ2) is 9.76. The molecule has 7 rings (SSSR count). The van der Waals surface area contributed by atoms with Crippen molar-refractivity contribution in [3.8, 4) is 51.2 Å². The zero-order valence-electron chi connectivity index (χ0n) is 20.9. The zero-order chi connectivity index (χ0) is 26.0. The molecule has 0 radical (unpaired) electrons. The summed E-state index contributed by atoms with van der Waals surface area (Å²) in [6.45, 7) is 0. The lowest BCUT2D eigenvalue weighted by atomic mass is 10.1. The number of imidazole rings is 1. The Bertz CT molecular complexity index is 1840. The van der Waals surface area contributed by atoms with Gasteiger partial charge in [0.1, 0.15) is 5.82 Å². The summed E-state index contributed by atoms with van der Waals surface area (Å²) in [5.74, 6) is 2.73. The fraction of sp³-hybridized carbons (Fsp3) is 0. The molecule has 0 atom stereocenters. The van der Waals surface area contributed by atoms with Crippen molar-refractivity contribution in [2.45, 2.75) is 0 Å². The number of aromatic nitrogens is 6. The quantitative estimate of drug-likeness (QED) is 0.247. The maximum atomic E-state index is 4.96. The largest absolute Gasteiger partial charge is 0.292 e. The second-order valence-electron chi connectivity index (χ2n) is 9.08. The molecule has 39 heavy (non-hydrogen) atoms. The van der Waals surface area contributed by atoms with Gasteiger partial charge in [0.15, 0.2) is 17.5 Å². The van der Waals surface area contributed by atoms with E-state index in [1.807, 2.05) is 103 Å². The lowest BCUT2D eigenvalue weighted by Gasteiger charge is -2.12. The topological polar surface area (TPSA) is 69.4 Å². The van der Waals surface area contributed by atoms with Gasteiger partial charge in [-0.25, -0.2) is 19.9 Å². The van der Waals surface area contributed by atoms with E-state index in [1.54, 1.807) is 12.4 Å². The highest BCUT2D eigenvalue weighted by atomic mass is 15.1. The van der Waals surface area contributed by atoms with Gasteiger partial charge >= 0.3 is 0 Å². The summed E-state index contributed by atoms with van der Waals surface area (Å²) in [6, 6.07) is 40.4. The Morgan fingerprint density at radius 1 is 0.436 bits per heavy atom. The van der Waals surface area contributed by atoms with Gasteiger partial charge in [0.25, 0.3) is 0 Å². The van der Waals surface area contributed by atoms with Gasteiger partial charge in [0.2, 0.25) is 0 Å². The molecule has 7 aromatic rings. The standard InChI is InChI=1S/C33H22N6/c1-3-10-23(11-4-1)30-36-31(24-12-5-2-6-13-24)38-32(37-30)26-14-9-15-27(22-26)39-29-17-8-7-16-28(29)35-33(39)25-18-20-34-21-19-25/h1-22H. The summed E-state index contributed by atoms with van der Waals surface area (Å²) in [7, 11) is 0. The van der Waals surface area contributed by atoms with Crippen LogP contribution in [-0.4, -0.2) is 29.5 Å². The predicted molar refractivity (Wildman–Crippen MR) is 154 cm³/mol. The van der Waals surface area contributed by atoms with Crippen LogP contribution in [0.5, 0.6) is 0 Å². The molecule has 0 aliphatic rings. The minimum Gasteiger partial charge on any atom is -0.292 e. The predicted octanol–water partition coefficient (Wildman–Crippen LogP) is 7.27. The maximum absolute atomic E-state index is 4.96. The van der Waals surface area contributed by atoms with Crippen LogP contribution < -0.4 is 0 Å². The first-order valence-corrected chi connectivity index (χ1v) is 12.7. The molecule has 0 amide bonds. The monoisotopic (exact) mass is 502 g/mol. The van der Waals surface area contributed by atoms with E-state index in [9.17, 15) is 0 Å². The highest BCUT2D eigenvalue weighted by Gasteiger charge is 2.16. The summed E-state index contributed by atoms with van der Waals surface area (Å²) in [5.41, 5.74) is 6.67. The van der Waals surface area contributed by atoms with Crippen molar-refractivity contribution in [2.24, 2.45) is 0 Å². The molecule has 0 unspecified atom stereocenters. The van der Waals surface area contributed by atoms with Gasteiger partial charge in [-0.3, -0.25) is 9.55 Å². The van der Waals surface area contributed by atoms with Crippen molar-refractivity contribution in [2.75, 3.05) is 0 Å². The summed E-state index contributed by atoms with van der Waals surface area (Å²) in [4.78, 5) is 23.8. The molecule has 4 aromatic carbocycles. The zero-order valence-corrected chi connectivity index (χ0v) is 20.9. The SMILES string of the molecule is c1ccc(-c2nc(-c3ccccc3)nc(-c3cccc(-n4c(-c5ccncc5)nc5ccccc54)c3)n2)cc1. The molecule has 0 saturated carbocycles. The summed E-state index contributed by atoms with van der Waals surface area (Å²) < 4.78 is 2.17. The lowest BCUT2D eigenvalue weighted by Crippen LogP contribution is -2.01. The van der Waals surface area contributed by atoms with Gasteiger partial charge in [-0.05, 0) is 36.4 Å². The van der Waals surface area contributed by atoms with Gasteiger partial charge < -0.3 is 0 Å². The van der Waals surface area contributed by atoms with Gasteiger partial charge in [0, 0.05) is 40.3 Å². The van der Waals surface area contributed by atoms with Crippen LogP contribution in [0, 0.1) is 0 Å². The Labute approximate surface area is 225 Å². The van der Waals surface area contributed by atoms with Crippen LogP contribution in [0.3, 0.4) is 0 Å². The molecule has 0 bridgehead atoms. The van der Waals surface area contributed by atoms with Gasteiger partial charge in [-0.15, -0.1) is 0 Å². The van der Waals surface area contributed by atoms with Crippen molar-refractivity contribution < 1.29 is 0 Å². The third-order valence-corrected chi connectivity index (χ3v) is 6.56.